The Bertz CT molecular complexity index is 290. The van der Waals surface area contributed by atoms with Crippen LogP contribution in [0.5, 0.6) is 0 Å². The molecule has 0 saturated heterocycles. The zero-order chi connectivity index (χ0) is 9.26. The molecule has 1 aliphatic rings. The van der Waals surface area contributed by atoms with Crippen LogP contribution in [-0.4, -0.2) is 11.0 Å². The van der Waals surface area contributed by atoms with Crippen molar-refractivity contribution in [2.45, 2.75) is 32.7 Å². The fraction of sp³-hybridized carbons (Fsp3) is 0.545. The number of hydrogen-bond acceptors (Lipinski definition) is 2. The van der Waals surface area contributed by atoms with E-state index in [0.29, 0.717) is 6.04 Å². The smallest absolute Gasteiger partial charge is 0.0531 e. The molecular weight excluding hydrogens is 160 g/mol. The minimum atomic E-state index is 0.679. The Balaban J connectivity index is 1.94. The Kier molecular flexibility index (Phi) is 2.21. The van der Waals surface area contributed by atoms with Gasteiger partial charge in [-0.2, -0.15) is 0 Å². The second kappa shape index (κ2) is 3.36. The Hall–Kier alpha value is -1.05. The van der Waals surface area contributed by atoms with Gasteiger partial charge in [-0.3, -0.25) is 4.98 Å². The number of rotatable bonds is 2. The van der Waals surface area contributed by atoms with Gasteiger partial charge in [-0.15, -0.1) is 0 Å². The monoisotopic (exact) mass is 176 g/mol. The van der Waals surface area contributed by atoms with Crippen LogP contribution in [0.2, 0.25) is 0 Å². The Morgan fingerprint density at radius 3 is 2.77 bits per heavy atom. The van der Waals surface area contributed by atoms with E-state index in [4.69, 9.17) is 0 Å². The maximum atomic E-state index is 4.15. The number of pyridine rings is 1. The van der Waals surface area contributed by atoms with Crippen molar-refractivity contribution < 1.29 is 0 Å². The maximum Gasteiger partial charge on any atom is 0.0531 e. The molecule has 0 aromatic carbocycles. The molecule has 1 aliphatic carbocycles. The van der Waals surface area contributed by atoms with E-state index in [9.17, 15) is 0 Å². The molecule has 0 spiro atoms. The first kappa shape index (κ1) is 8.54. The van der Waals surface area contributed by atoms with E-state index < -0.39 is 0 Å². The maximum absolute atomic E-state index is 4.15. The number of nitrogens with one attached hydrogen (secondary N) is 1. The minimum absolute atomic E-state index is 0.679. The van der Waals surface area contributed by atoms with Crippen molar-refractivity contribution in [3.63, 3.8) is 0 Å². The molecule has 1 N–H and O–H groups in total. The van der Waals surface area contributed by atoms with Crippen LogP contribution < -0.4 is 5.32 Å². The second-order valence-electron chi connectivity index (χ2n) is 4.17. The largest absolute Gasteiger partial charge is 0.381 e. The summed E-state index contributed by atoms with van der Waals surface area (Å²) in [4.78, 5) is 4.15. The molecule has 0 bridgehead atoms. The fourth-order valence-electron chi connectivity index (χ4n) is 1.89. The quantitative estimate of drug-likeness (QED) is 0.749. The van der Waals surface area contributed by atoms with Crippen molar-refractivity contribution in [1.82, 2.24) is 4.98 Å². The van der Waals surface area contributed by atoms with Gasteiger partial charge in [0, 0.05) is 18.4 Å². The number of aryl methyl sites for hydroxylation is 1. The summed E-state index contributed by atoms with van der Waals surface area (Å²) in [5.74, 6) is 0.898. The molecule has 0 radical (unpaired) electrons. The van der Waals surface area contributed by atoms with Gasteiger partial charge < -0.3 is 5.32 Å². The molecule has 2 nitrogen and oxygen atoms in total. The third kappa shape index (κ3) is 2.00. The van der Waals surface area contributed by atoms with Crippen LogP contribution in [0.3, 0.4) is 0 Å². The first-order valence-electron chi connectivity index (χ1n) is 4.92. The lowest BCUT2D eigenvalue weighted by Gasteiger charge is -2.34. The molecule has 0 unspecified atom stereocenters. The van der Waals surface area contributed by atoms with Crippen molar-refractivity contribution >= 4 is 5.69 Å². The van der Waals surface area contributed by atoms with E-state index in [1.807, 2.05) is 12.4 Å². The van der Waals surface area contributed by atoms with E-state index in [-0.39, 0.29) is 0 Å². The topological polar surface area (TPSA) is 24.9 Å². The molecule has 2 heteroatoms. The number of nitrogens with zero attached hydrogens (tertiary/aromatic N) is 1. The van der Waals surface area contributed by atoms with Crippen molar-refractivity contribution in [3.05, 3.63) is 24.0 Å². The first-order valence-corrected chi connectivity index (χ1v) is 4.92. The third-order valence-electron chi connectivity index (χ3n) is 2.62. The lowest BCUT2D eigenvalue weighted by atomic mass is 9.82. The van der Waals surface area contributed by atoms with Gasteiger partial charge in [0.25, 0.3) is 0 Å². The molecule has 2 rings (SSSR count). The van der Waals surface area contributed by atoms with Crippen LogP contribution in [0.15, 0.2) is 18.5 Å². The predicted molar refractivity (Wildman–Crippen MR) is 54.8 cm³/mol. The van der Waals surface area contributed by atoms with Crippen molar-refractivity contribution in [2.24, 2.45) is 5.92 Å². The Labute approximate surface area is 79.4 Å². The molecule has 13 heavy (non-hydrogen) atoms. The summed E-state index contributed by atoms with van der Waals surface area (Å²) in [5, 5.41) is 3.49. The fourth-order valence-corrected chi connectivity index (χ4v) is 1.89. The molecular formula is C11H16N2. The van der Waals surface area contributed by atoms with Gasteiger partial charge in [-0.05, 0) is 37.3 Å². The van der Waals surface area contributed by atoms with Crippen LogP contribution in [0, 0.1) is 12.8 Å². The predicted octanol–water partition coefficient (Wildman–Crippen LogP) is 2.60. The molecule has 1 fully saturated rings. The minimum Gasteiger partial charge on any atom is -0.381 e. The van der Waals surface area contributed by atoms with E-state index in [0.717, 1.165) is 11.6 Å². The summed E-state index contributed by atoms with van der Waals surface area (Å²) in [5.41, 5.74) is 2.38. The molecule has 1 aromatic rings. The van der Waals surface area contributed by atoms with E-state index in [1.165, 1.54) is 18.4 Å². The highest BCUT2D eigenvalue weighted by atomic mass is 14.9. The molecule has 1 heterocycles. The Morgan fingerprint density at radius 2 is 2.15 bits per heavy atom. The zero-order valence-corrected chi connectivity index (χ0v) is 8.25. The second-order valence-corrected chi connectivity index (χ2v) is 4.17. The number of anilines is 1. The summed E-state index contributed by atoms with van der Waals surface area (Å²) >= 11 is 0. The van der Waals surface area contributed by atoms with Crippen LogP contribution in [0.4, 0.5) is 5.69 Å². The lowest BCUT2D eigenvalue weighted by Crippen LogP contribution is -2.33. The zero-order valence-electron chi connectivity index (χ0n) is 8.25. The molecule has 1 aromatic heterocycles. The van der Waals surface area contributed by atoms with Crippen LogP contribution >= 0.6 is 0 Å². The highest BCUT2D eigenvalue weighted by molar-refractivity contribution is 5.43. The van der Waals surface area contributed by atoms with Gasteiger partial charge in [0.05, 0.1) is 5.69 Å². The third-order valence-corrected chi connectivity index (χ3v) is 2.62. The lowest BCUT2D eigenvalue weighted by molar-refractivity contribution is 0.309. The number of hydrogen-bond donors (Lipinski definition) is 1. The summed E-state index contributed by atoms with van der Waals surface area (Å²) in [6, 6.07) is 2.83. The normalized spacial score (nSPS) is 26.6. The molecule has 0 atom stereocenters. The summed E-state index contributed by atoms with van der Waals surface area (Å²) < 4.78 is 0. The van der Waals surface area contributed by atoms with Gasteiger partial charge in [0.15, 0.2) is 0 Å². The molecule has 0 aliphatic heterocycles. The first-order chi connectivity index (χ1) is 6.24. The van der Waals surface area contributed by atoms with Crippen molar-refractivity contribution in [2.75, 3.05) is 5.32 Å². The average Bonchev–Trinajstić information content (AvgIpc) is 2.01. The van der Waals surface area contributed by atoms with E-state index in [1.54, 1.807) is 0 Å². The van der Waals surface area contributed by atoms with Crippen molar-refractivity contribution in [3.8, 4) is 0 Å². The van der Waals surface area contributed by atoms with Crippen LogP contribution in [0.1, 0.15) is 25.3 Å². The van der Waals surface area contributed by atoms with E-state index >= 15 is 0 Å². The van der Waals surface area contributed by atoms with Gasteiger partial charge >= 0.3 is 0 Å². The molecule has 70 valence electrons. The summed E-state index contributed by atoms with van der Waals surface area (Å²) in [6.07, 6.45) is 6.38. The summed E-state index contributed by atoms with van der Waals surface area (Å²) in [6.45, 7) is 4.37. The van der Waals surface area contributed by atoms with Gasteiger partial charge in [-0.25, -0.2) is 0 Å². The number of aromatic nitrogens is 1. The highest BCUT2D eigenvalue weighted by Gasteiger charge is 2.24. The van der Waals surface area contributed by atoms with Gasteiger partial charge in [0.1, 0.15) is 0 Å². The van der Waals surface area contributed by atoms with Crippen molar-refractivity contribution in [1.29, 1.82) is 0 Å². The highest BCUT2D eigenvalue weighted by Crippen LogP contribution is 2.29. The van der Waals surface area contributed by atoms with E-state index in [2.05, 4.69) is 30.2 Å². The average molecular weight is 176 g/mol. The van der Waals surface area contributed by atoms with Gasteiger partial charge in [0.2, 0.25) is 0 Å². The van der Waals surface area contributed by atoms with Gasteiger partial charge in [-0.1, -0.05) is 6.92 Å². The SMILES string of the molecule is Cc1cncc(NC2CC(C)C2)c1. The standard InChI is InChI=1S/C11H16N2/c1-8-3-10(4-8)13-11-5-9(2)6-12-7-11/h5-8,10,13H,3-4H2,1-2H3. The molecule has 0 amide bonds. The molecule has 1 saturated carbocycles. The summed E-state index contributed by atoms with van der Waals surface area (Å²) in [7, 11) is 0. The Morgan fingerprint density at radius 1 is 1.38 bits per heavy atom. The van der Waals surface area contributed by atoms with Crippen LogP contribution in [-0.2, 0) is 0 Å². The van der Waals surface area contributed by atoms with Crippen LogP contribution in [0.25, 0.3) is 0 Å².